The van der Waals surface area contributed by atoms with Crippen molar-refractivity contribution in [2.24, 2.45) is 0 Å². The first-order valence-corrected chi connectivity index (χ1v) is 13.2. The summed E-state index contributed by atoms with van der Waals surface area (Å²) in [5.74, 6) is -0.537. The van der Waals surface area contributed by atoms with Crippen LogP contribution in [0, 0.1) is 0 Å². The molecular weight excluding hydrogens is 543 g/mol. The Labute approximate surface area is 235 Å². The minimum atomic E-state index is -4.51. The first-order valence-electron chi connectivity index (χ1n) is 12.8. The van der Waals surface area contributed by atoms with Gasteiger partial charge in [-0.25, -0.2) is 4.68 Å². The number of amides is 1. The Hall–Kier alpha value is -3.89. The van der Waals surface area contributed by atoms with Crippen LogP contribution in [0.2, 0.25) is 5.02 Å². The molecule has 0 aliphatic rings. The fourth-order valence-corrected chi connectivity index (χ4v) is 4.49. The number of rotatable bonds is 12. The molecule has 210 valence electrons. The van der Waals surface area contributed by atoms with Gasteiger partial charge in [0, 0.05) is 24.0 Å². The quantitative estimate of drug-likeness (QED) is 0.167. The number of carbonyl (C=O) groups excluding carboxylic acids is 1. The van der Waals surface area contributed by atoms with Gasteiger partial charge in [-0.15, -0.1) is 0 Å². The van der Waals surface area contributed by atoms with Gasteiger partial charge in [0.15, 0.2) is 0 Å². The van der Waals surface area contributed by atoms with E-state index >= 15 is 0 Å². The van der Waals surface area contributed by atoms with E-state index in [1.165, 1.54) is 16.9 Å². The van der Waals surface area contributed by atoms with Crippen LogP contribution < -0.4 is 10.6 Å². The maximum absolute atomic E-state index is 13.4. The predicted octanol–water partition coefficient (Wildman–Crippen LogP) is 6.58. The van der Waals surface area contributed by atoms with Crippen molar-refractivity contribution < 1.29 is 23.1 Å². The molecule has 7 nitrogen and oxygen atoms in total. The molecule has 0 saturated heterocycles. The number of hydrogen-bond acceptors (Lipinski definition) is 5. The summed E-state index contributed by atoms with van der Waals surface area (Å²) in [4.78, 5) is 17.4. The number of nitrogens with one attached hydrogen (secondary N) is 2. The Kier molecular flexibility index (Phi) is 9.79. The molecule has 0 aliphatic carbocycles. The van der Waals surface area contributed by atoms with E-state index in [-0.39, 0.29) is 11.3 Å². The molecule has 0 radical (unpaired) electrons. The first kappa shape index (κ1) is 29.1. The van der Waals surface area contributed by atoms with Gasteiger partial charge >= 0.3 is 6.18 Å². The number of aromatic nitrogens is 3. The van der Waals surface area contributed by atoms with Gasteiger partial charge in [-0.1, -0.05) is 36.6 Å². The van der Waals surface area contributed by atoms with E-state index in [2.05, 4.69) is 20.7 Å². The third kappa shape index (κ3) is 7.61. The molecule has 2 aromatic heterocycles. The van der Waals surface area contributed by atoms with Crippen LogP contribution in [0.1, 0.15) is 58.9 Å². The molecule has 2 heterocycles. The maximum atomic E-state index is 13.4. The summed E-state index contributed by atoms with van der Waals surface area (Å²) in [6.45, 7) is 0.250. The molecule has 3 N–H and O–H groups in total. The van der Waals surface area contributed by atoms with Gasteiger partial charge in [-0.2, -0.15) is 18.3 Å². The number of pyridine rings is 1. The van der Waals surface area contributed by atoms with Crippen LogP contribution >= 0.6 is 11.6 Å². The van der Waals surface area contributed by atoms with Crippen LogP contribution in [-0.2, 0) is 12.8 Å². The van der Waals surface area contributed by atoms with Crippen molar-refractivity contribution >= 4 is 23.2 Å². The van der Waals surface area contributed by atoms with E-state index in [4.69, 9.17) is 11.6 Å². The summed E-state index contributed by atoms with van der Waals surface area (Å²) >= 11 is 5.96. The molecule has 0 fully saturated rings. The zero-order valence-electron chi connectivity index (χ0n) is 21.5. The number of unbranched alkanes of at least 4 members (excludes halogenated alkanes) is 2. The summed E-state index contributed by atoms with van der Waals surface area (Å²) in [6, 6.07) is 14.8. The molecule has 0 aliphatic heterocycles. The second kappa shape index (κ2) is 13.5. The summed E-state index contributed by atoms with van der Waals surface area (Å²) in [7, 11) is 0. The summed E-state index contributed by atoms with van der Waals surface area (Å²) in [6.07, 6.45) is 2.99. The van der Waals surface area contributed by atoms with Gasteiger partial charge in [0.1, 0.15) is 0 Å². The van der Waals surface area contributed by atoms with Crippen molar-refractivity contribution in [2.75, 3.05) is 11.9 Å². The third-order valence-electron chi connectivity index (χ3n) is 6.42. The number of aliphatic hydroxyl groups excluding tert-OH is 1. The van der Waals surface area contributed by atoms with E-state index in [0.29, 0.717) is 29.1 Å². The molecule has 40 heavy (non-hydrogen) atoms. The van der Waals surface area contributed by atoms with Crippen molar-refractivity contribution in [3.8, 4) is 5.69 Å². The molecule has 0 unspecified atom stereocenters. The van der Waals surface area contributed by atoms with E-state index in [9.17, 15) is 23.1 Å². The zero-order chi connectivity index (χ0) is 28.5. The maximum Gasteiger partial charge on any atom is 0.416 e. The van der Waals surface area contributed by atoms with Crippen molar-refractivity contribution in [2.45, 2.75) is 44.5 Å². The minimum absolute atomic E-state index is 0.134. The highest BCUT2D eigenvalue weighted by Crippen LogP contribution is 2.32. The predicted molar refractivity (Wildman–Crippen MR) is 147 cm³/mol. The number of anilines is 1. The number of carbonyl (C=O) groups is 1. The summed E-state index contributed by atoms with van der Waals surface area (Å²) < 4.78 is 41.7. The monoisotopic (exact) mass is 571 g/mol. The molecule has 0 spiro atoms. The minimum Gasteiger partial charge on any atom is -0.390 e. The average Bonchev–Trinajstić information content (AvgIpc) is 3.39. The molecular formula is C29H29ClF3N5O2. The van der Waals surface area contributed by atoms with Crippen LogP contribution in [0.5, 0.6) is 0 Å². The van der Waals surface area contributed by atoms with E-state index in [0.717, 1.165) is 37.2 Å². The number of nitrogens with zero attached hydrogens (tertiary/aromatic N) is 3. The number of benzene rings is 2. The Morgan fingerprint density at radius 2 is 1.82 bits per heavy atom. The Morgan fingerprint density at radius 1 is 1.02 bits per heavy atom. The van der Waals surface area contributed by atoms with Crippen LogP contribution in [0.4, 0.5) is 18.9 Å². The standard InChI is InChI=1S/C29H29ClF3N5O2/c30-22-10-12-24(13-11-22)38-27(19-39)25(18-36-38)28(40)37-26(20-6-4-7-21(16-20)29(31,32)33)9-2-1-3-15-35-23-8-5-14-34-17-23/h4-8,10-14,16-18,26,35,39H,1-3,9,15,19H2,(H,37,40)/t26-/m0/s1. The van der Waals surface area contributed by atoms with Gasteiger partial charge in [0.05, 0.1) is 47.0 Å². The van der Waals surface area contributed by atoms with Crippen LogP contribution in [0.15, 0.2) is 79.3 Å². The Bertz CT molecular complexity index is 1400. The molecule has 0 bridgehead atoms. The lowest BCUT2D eigenvalue weighted by atomic mass is 9.98. The molecule has 1 atom stereocenters. The molecule has 1 amide bonds. The average molecular weight is 572 g/mol. The van der Waals surface area contributed by atoms with Crippen LogP contribution in [0.3, 0.4) is 0 Å². The molecule has 2 aromatic carbocycles. The van der Waals surface area contributed by atoms with E-state index in [1.54, 1.807) is 42.7 Å². The smallest absolute Gasteiger partial charge is 0.390 e. The van der Waals surface area contributed by atoms with Crippen molar-refractivity contribution in [1.82, 2.24) is 20.1 Å². The highest BCUT2D eigenvalue weighted by Gasteiger charge is 2.31. The summed E-state index contributed by atoms with van der Waals surface area (Å²) in [5.41, 5.74) is 1.47. The fourth-order valence-electron chi connectivity index (χ4n) is 4.36. The lowest BCUT2D eigenvalue weighted by Gasteiger charge is -2.21. The second-order valence-electron chi connectivity index (χ2n) is 9.22. The van der Waals surface area contributed by atoms with Gasteiger partial charge in [0.2, 0.25) is 0 Å². The van der Waals surface area contributed by atoms with Gasteiger partial charge in [-0.05, 0) is 66.9 Å². The number of aliphatic hydroxyl groups is 1. The van der Waals surface area contributed by atoms with Crippen molar-refractivity contribution in [3.63, 3.8) is 0 Å². The zero-order valence-corrected chi connectivity index (χ0v) is 22.3. The van der Waals surface area contributed by atoms with Gasteiger partial charge < -0.3 is 15.7 Å². The molecule has 4 aromatic rings. The Balaban J connectivity index is 1.48. The first-order chi connectivity index (χ1) is 19.3. The number of halogens is 4. The second-order valence-corrected chi connectivity index (χ2v) is 9.65. The topological polar surface area (TPSA) is 92.1 Å². The normalized spacial score (nSPS) is 12.2. The highest BCUT2D eigenvalue weighted by molar-refractivity contribution is 6.30. The highest BCUT2D eigenvalue weighted by atomic mass is 35.5. The fraction of sp³-hybridized carbons (Fsp3) is 0.276. The lowest BCUT2D eigenvalue weighted by molar-refractivity contribution is -0.137. The number of alkyl halides is 3. The molecule has 11 heteroatoms. The van der Waals surface area contributed by atoms with Gasteiger partial charge in [-0.3, -0.25) is 9.78 Å². The van der Waals surface area contributed by atoms with Crippen LogP contribution in [-0.4, -0.2) is 32.3 Å². The molecule has 0 saturated carbocycles. The molecule has 4 rings (SSSR count). The number of hydrogen-bond donors (Lipinski definition) is 3. The third-order valence-corrected chi connectivity index (χ3v) is 6.67. The SMILES string of the molecule is O=C(N[C@@H](CCCCCNc1cccnc1)c1cccc(C(F)(F)F)c1)c1cnn(-c2ccc(Cl)cc2)c1CO. The van der Waals surface area contributed by atoms with Crippen molar-refractivity contribution in [1.29, 1.82) is 0 Å². The Morgan fingerprint density at radius 3 is 2.52 bits per heavy atom. The largest absolute Gasteiger partial charge is 0.416 e. The summed E-state index contributed by atoms with van der Waals surface area (Å²) in [5, 5.41) is 21.0. The van der Waals surface area contributed by atoms with Gasteiger partial charge in [0.25, 0.3) is 5.91 Å². The van der Waals surface area contributed by atoms with Crippen LogP contribution in [0.25, 0.3) is 5.69 Å². The lowest BCUT2D eigenvalue weighted by Crippen LogP contribution is -2.29. The van der Waals surface area contributed by atoms with E-state index in [1.807, 2.05) is 12.1 Å². The van der Waals surface area contributed by atoms with E-state index < -0.39 is 30.3 Å². The van der Waals surface area contributed by atoms with Crippen molar-refractivity contribution in [3.05, 3.63) is 107 Å².